The molecule has 3 atom stereocenters. The summed E-state index contributed by atoms with van der Waals surface area (Å²) in [5.41, 5.74) is 0. The third-order valence-corrected chi connectivity index (χ3v) is 4.25. The first-order chi connectivity index (χ1) is 9.95. The fraction of sp³-hybridized carbons (Fsp3) is 0.867. The maximum Gasteiger partial charge on any atom is 0.320 e. The highest BCUT2D eigenvalue weighted by Crippen LogP contribution is 2.23. The molecule has 3 unspecified atom stereocenters. The highest BCUT2D eigenvalue weighted by molar-refractivity contribution is 5.74. The number of hydrogen-bond donors (Lipinski definition) is 1. The first-order valence-electron chi connectivity index (χ1n) is 7.86. The molecule has 6 nitrogen and oxygen atoms in total. The predicted molar refractivity (Wildman–Crippen MR) is 78.1 cm³/mol. The van der Waals surface area contributed by atoms with E-state index in [0.29, 0.717) is 32.0 Å². The van der Waals surface area contributed by atoms with Gasteiger partial charge in [0.15, 0.2) is 0 Å². The number of morpholine rings is 1. The van der Waals surface area contributed by atoms with Crippen LogP contribution < -0.4 is 0 Å². The third kappa shape index (κ3) is 4.59. The van der Waals surface area contributed by atoms with Gasteiger partial charge in [-0.05, 0) is 39.0 Å². The van der Waals surface area contributed by atoms with Crippen LogP contribution in [0.2, 0.25) is 0 Å². The van der Waals surface area contributed by atoms with Gasteiger partial charge in [-0.15, -0.1) is 0 Å². The maximum atomic E-state index is 12.6. The second-order valence-corrected chi connectivity index (χ2v) is 6.33. The minimum Gasteiger partial charge on any atom is -0.481 e. The van der Waals surface area contributed by atoms with Crippen LogP contribution in [0.1, 0.15) is 39.5 Å². The zero-order valence-corrected chi connectivity index (χ0v) is 13.0. The minimum atomic E-state index is -0.755. The number of carboxylic acids is 1. The largest absolute Gasteiger partial charge is 0.481 e. The van der Waals surface area contributed by atoms with E-state index in [4.69, 9.17) is 9.84 Å². The lowest BCUT2D eigenvalue weighted by molar-refractivity contribution is -0.137. The Kier molecular flexibility index (Phi) is 5.45. The monoisotopic (exact) mass is 298 g/mol. The van der Waals surface area contributed by atoms with Crippen LogP contribution in [0.5, 0.6) is 0 Å². The fourth-order valence-corrected chi connectivity index (χ4v) is 3.34. The SMILES string of the molecule is CC1CN(C(=O)N2CCCC(CCC(=O)O)C2)CC(C)O1. The van der Waals surface area contributed by atoms with Crippen LogP contribution in [-0.4, -0.2) is 65.3 Å². The van der Waals surface area contributed by atoms with E-state index in [1.807, 2.05) is 23.6 Å². The molecule has 2 saturated heterocycles. The molecule has 2 aliphatic rings. The molecule has 0 saturated carbocycles. The quantitative estimate of drug-likeness (QED) is 0.862. The van der Waals surface area contributed by atoms with Gasteiger partial charge in [0.25, 0.3) is 0 Å². The Labute approximate surface area is 126 Å². The molecule has 0 bridgehead atoms. The zero-order valence-electron chi connectivity index (χ0n) is 13.0. The Morgan fingerprint density at radius 2 is 1.81 bits per heavy atom. The Morgan fingerprint density at radius 1 is 1.14 bits per heavy atom. The van der Waals surface area contributed by atoms with Crippen molar-refractivity contribution in [1.29, 1.82) is 0 Å². The molecule has 0 spiro atoms. The second-order valence-electron chi connectivity index (χ2n) is 6.33. The van der Waals surface area contributed by atoms with Gasteiger partial charge in [-0.25, -0.2) is 4.79 Å². The molecule has 2 aliphatic heterocycles. The third-order valence-electron chi connectivity index (χ3n) is 4.25. The van der Waals surface area contributed by atoms with Gasteiger partial charge in [0.1, 0.15) is 0 Å². The van der Waals surface area contributed by atoms with Gasteiger partial charge in [-0.1, -0.05) is 0 Å². The number of nitrogens with zero attached hydrogens (tertiary/aromatic N) is 2. The molecule has 1 N–H and O–H groups in total. The van der Waals surface area contributed by atoms with Crippen molar-refractivity contribution in [3.8, 4) is 0 Å². The van der Waals surface area contributed by atoms with Crippen LogP contribution in [0.3, 0.4) is 0 Å². The number of carbonyl (C=O) groups excluding carboxylic acids is 1. The Morgan fingerprint density at radius 3 is 2.43 bits per heavy atom. The summed E-state index contributed by atoms with van der Waals surface area (Å²) in [5.74, 6) is -0.441. The van der Waals surface area contributed by atoms with Crippen molar-refractivity contribution in [3.63, 3.8) is 0 Å². The fourth-order valence-electron chi connectivity index (χ4n) is 3.34. The predicted octanol–water partition coefficient (Wildman–Crippen LogP) is 1.79. The number of carbonyl (C=O) groups is 2. The topological polar surface area (TPSA) is 70.1 Å². The van der Waals surface area contributed by atoms with E-state index in [1.165, 1.54) is 0 Å². The lowest BCUT2D eigenvalue weighted by Crippen LogP contribution is -2.54. The normalized spacial score (nSPS) is 30.3. The number of rotatable bonds is 3. The van der Waals surface area contributed by atoms with Crippen molar-refractivity contribution < 1.29 is 19.4 Å². The zero-order chi connectivity index (χ0) is 15.4. The molecule has 0 aromatic heterocycles. The van der Waals surface area contributed by atoms with Crippen molar-refractivity contribution in [2.75, 3.05) is 26.2 Å². The molecule has 0 aromatic carbocycles. The lowest BCUT2D eigenvalue weighted by Gasteiger charge is -2.40. The van der Waals surface area contributed by atoms with Crippen LogP contribution in [0, 0.1) is 5.92 Å². The first kappa shape index (κ1) is 16.1. The number of urea groups is 1. The average Bonchev–Trinajstić information content (AvgIpc) is 2.43. The van der Waals surface area contributed by atoms with Gasteiger partial charge in [0.2, 0.25) is 0 Å². The van der Waals surface area contributed by atoms with Gasteiger partial charge < -0.3 is 19.6 Å². The van der Waals surface area contributed by atoms with Crippen LogP contribution in [0.4, 0.5) is 4.79 Å². The number of carboxylic acid groups (broad SMARTS) is 1. The molecule has 0 aliphatic carbocycles. The van der Waals surface area contributed by atoms with E-state index >= 15 is 0 Å². The summed E-state index contributed by atoms with van der Waals surface area (Å²) in [5, 5.41) is 8.78. The molecule has 21 heavy (non-hydrogen) atoms. The molecule has 2 heterocycles. The minimum absolute atomic E-state index is 0.0743. The second kappa shape index (κ2) is 7.11. The molecule has 120 valence electrons. The van der Waals surface area contributed by atoms with Crippen molar-refractivity contribution in [3.05, 3.63) is 0 Å². The van der Waals surface area contributed by atoms with Gasteiger partial charge in [0, 0.05) is 32.6 Å². The number of piperidine rings is 1. The van der Waals surface area contributed by atoms with E-state index in [1.54, 1.807) is 0 Å². The van der Waals surface area contributed by atoms with Gasteiger partial charge >= 0.3 is 12.0 Å². The first-order valence-corrected chi connectivity index (χ1v) is 7.86. The van der Waals surface area contributed by atoms with Gasteiger partial charge in [0.05, 0.1) is 12.2 Å². The van der Waals surface area contributed by atoms with Crippen molar-refractivity contribution >= 4 is 12.0 Å². The standard InChI is InChI=1S/C15H26N2O4/c1-11-8-17(9-12(2)21-11)15(20)16-7-3-4-13(10-16)5-6-14(18)19/h11-13H,3-10H2,1-2H3,(H,18,19). The summed E-state index contributed by atoms with van der Waals surface area (Å²) >= 11 is 0. The van der Waals surface area contributed by atoms with Crippen molar-refractivity contribution in [1.82, 2.24) is 9.80 Å². The van der Waals surface area contributed by atoms with E-state index in [-0.39, 0.29) is 24.7 Å². The number of hydrogen-bond acceptors (Lipinski definition) is 3. The summed E-state index contributed by atoms with van der Waals surface area (Å²) in [6.07, 6.45) is 2.99. The number of amides is 2. The van der Waals surface area contributed by atoms with E-state index < -0.39 is 5.97 Å². The number of aliphatic carboxylic acids is 1. The van der Waals surface area contributed by atoms with Crippen LogP contribution in [0.15, 0.2) is 0 Å². The smallest absolute Gasteiger partial charge is 0.320 e. The molecule has 2 rings (SSSR count). The van der Waals surface area contributed by atoms with Crippen molar-refractivity contribution in [2.45, 2.75) is 51.7 Å². The van der Waals surface area contributed by atoms with Gasteiger partial charge in [-0.2, -0.15) is 0 Å². The molecular weight excluding hydrogens is 272 g/mol. The average molecular weight is 298 g/mol. The van der Waals surface area contributed by atoms with Gasteiger partial charge in [-0.3, -0.25) is 4.79 Å². The summed E-state index contributed by atoms with van der Waals surface area (Å²) < 4.78 is 5.66. The highest BCUT2D eigenvalue weighted by Gasteiger charge is 2.31. The molecule has 0 aromatic rings. The molecule has 6 heteroatoms. The van der Waals surface area contributed by atoms with Crippen LogP contribution in [-0.2, 0) is 9.53 Å². The lowest BCUT2D eigenvalue weighted by atomic mass is 9.93. The molecule has 0 radical (unpaired) electrons. The summed E-state index contributed by atoms with van der Waals surface area (Å²) in [7, 11) is 0. The van der Waals surface area contributed by atoms with E-state index in [9.17, 15) is 9.59 Å². The maximum absolute atomic E-state index is 12.6. The Balaban J connectivity index is 1.87. The van der Waals surface area contributed by atoms with Crippen LogP contribution >= 0.6 is 0 Å². The number of ether oxygens (including phenoxy) is 1. The Hall–Kier alpha value is -1.30. The number of likely N-dealkylation sites (tertiary alicyclic amines) is 1. The highest BCUT2D eigenvalue weighted by atomic mass is 16.5. The van der Waals surface area contributed by atoms with Crippen LogP contribution in [0.25, 0.3) is 0 Å². The Bertz CT molecular complexity index is 378. The molecule has 2 fully saturated rings. The molecule has 2 amide bonds. The summed E-state index contributed by atoms with van der Waals surface area (Å²) in [4.78, 5) is 27.0. The van der Waals surface area contributed by atoms with E-state index in [2.05, 4.69) is 0 Å². The molecular formula is C15H26N2O4. The summed E-state index contributed by atoms with van der Waals surface area (Å²) in [6, 6.07) is 0.0806. The van der Waals surface area contributed by atoms with E-state index in [0.717, 1.165) is 19.4 Å². The van der Waals surface area contributed by atoms with Crippen molar-refractivity contribution in [2.24, 2.45) is 5.92 Å². The summed E-state index contributed by atoms with van der Waals surface area (Å²) in [6.45, 7) is 6.72.